The number of hydrogen-bond acceptors (Lipinski definition) is 4. The number of hydrogen-bond donors (Lipinski definition) is 0. The van der Waals surface area contributed by atoms with Gasteiger partial charge in [0.25, 0.3) is 0 Å². The number of ether oxygens (including phenoxy) is 1. The normalized spacial score (nSPS) is 16.8. The van der Waals surface area contributed by atoms with Crippen LogP contribution in [0.4, 0.5) is 5.69 Å². The minimum atomic E-state index is 0.897. The molecule has 0 aliphatic carbocycles. The van der Waals surface area contributed by atoms with Gasteiger partial charge in [-0.1, -0.05) is 0 Å². The maximum absolute atomic E-state index is 5.33. The summed E-state index contributed by atoms with van der Waals surface area (Å²) in [6.45, 7) is 4.30. The van der Waals surface area contributed by atoms with Crippen LogP contribution in [-0.2, 0) is 0 Å². The smallest absolute Gasteiger partial charge is 0.119 e. The van der Waals surface area contributed by atoms with E-state index in [0.29, 0.717) is 0 Å². The maximum atomic E-state index is 5.33. The molecule has 1 saturated heterocycles. The van der Waals surface area contributed by atoms with Crippen LogP contribution in [0.5, 0.6) is 5.75 Å². The third-order valence-corrected chi connectivity index (χ3v) is 3.79. The first-order valence-corrected chi connectivity index (χ1v) is 6.63. The second kappa shape index (κ2) is 5.05. The summed E-state index contributed by atoms with van der Waals surface area (Å²) in [5.41, 5.74) is 1.21. The minimum absolute atomic E-state index is 0.897. The van der Waals surface area contributed by atoms with E-state index in [2.05, 4.69) is 34.0 Å². The van der Waals surface area contributed by atoms with Crippen molar-refractivity contribution in [1.29, 1.82) is 0 Å². The van der Waals surface area contributed by atoms with E-state index in [1.165, 1.54) is 11.1 Å². The Morgan fingerprint density at radius 1 is 1.11 bits per heavy atom. The third kappa shape index (κ3) is 2.36. The molecule has 1 aromatic carbocycles. The fraction of sp³-hybridized carbons (Fsp3) is 0.400. The van der Waals surface area contributed by atoms with E-state index in [9.17, 15) is 0 Å². The van der Waals surface area contributed by atoms with Gasteiger partial charge in [0.15, 0.2) is 0 Å². The molecule has 2 heterocycles. The van der Waals surface area contributed by atoms with Gasteiger partial charge in [-0.25, -0.2) is 0 Å². The lowest BCUT2D eigenvalue weighted by Gasteiger charge is -2.34. The summed E-state index contributed by atoms with van der Waals surface area (Å²) in [6.07, 6.45) is 3.88. The Hall–Kier alpha value is -1.81. The second-order valence-corrected chi connectivity index (χ2v) is 5.04. The largest absolute Gasteiger partial charge is 0.497 e. The lowest BCUT2D eigenvalue weighted by molar-refractivity contribution is 0.313. The molecule has 1 fully saturated rings. The molecule has 1 aliphatic heterocycles. The molecule has 0 amide bonds. The number of piperazine rings is 1. The molecule has 100 valence electrons. The van der Waals surface area contributed by atoms with Crippen LogP contribution in [0.25, 0.3) is 10.8 Å². The van der Waals surface area contributed by atoms with Gasteiger partial charge in [0.2, 0.25) is 0 Å². The molecule has 0 N–H and O–H groups in total. The molecule has 19 heavy (non-hydrogen) atoms. The van der Waals surface area contributed by atoms with Crippen LogP contribution in [-0.4, -0.2) is 50.2 Å². The number of rotatable bonds is 2. The first-order chi connectivity index (χ1) is 9.28. The van der Waals surface area contributed by atoms with E-state index < -0.39 is 0 Å². The van der Waals surface area contributed by atoms with Crippen LogP contribution >= 0.6 is 0 Å². The molecule has 4 heteroatoms. The van der Waals surface area contributed by atoms with Gasteiger partial charge in [-0.3, -0.25) is 4.98 Å². The molecule has 1 aromatic heterocycles. The Bertz CT molecular complexity index is 577. The number of aromatic nitrogens is 1. The summed E-state index contributed by atoms with van der Waals surface area (Å²) in [4.78, 5) is 9.13. The van der Waals surface area contributed by atoms with Crippen molar-refractivity contribution in [1.82, 2.24) is 9.88 Å². The number of methoxy groups -OCH3 is 1. The number of fused-ring (bicyclic) bond motifs is 1. The Morgan fingerprint density at radius 2 is 1.89 bits per heavy atom. The van der Waals surface area contributed by atoms with E-state index in [1.807, 2.05) is 18.5 Å². The quantitative estimate of drug-likeness (QED) is 0.822. The molecule has 0 radical (unpaired) electrons. The van der Waals surface area contributed by atoms with Gasteiger partial charge in [-0.2, -0.15) is 0 Å². The first kappa shape index (κ1) is 12.2. The molecular weight excluding hydrogens is 238 g/mol. The van der Waals surface area contributed by atoms with Gasteiger partial charge < -0.3 is 14.5 Å². The van der Waals surface area contributed by atoms with E-state index in [4.69, 9.17) is 4.74 Å². The van der Waals surface area contributed by atoms with Crippen molar-refractivity contribution in [2.75, 3.05) is 45.2 Å². The highest BCUT2D eigenvalue weighted by Crippen LogP contribution is 2.29. The Morgan fingerprint density at radius 3 is 2.63 bits per heavy atom. The highest BCUT2D eigenvalue weighted by Gasteiger charge is 2.16. The van der Waals surface area contributed by atoms with Crippen molar-refractivity contribution in [3.8, 4) is 5.75 Å². The summed E-state index contributed by atoms with van der Waals surface area (Å²) in [5, 5.41) is 2.39. The molecular formula is C15H19N3O. The van der Waals surface area contributed by atoms with Gasteiger partial charge in [0.05, 0.1) is 19.0 Å². The molecule has 1 aliphatic rings. The summed E-state index contributed by atoms with van der Waals surface area (Å²) in [5.74, 6) is 0.897. The molecule has 0 saturated carbocycles. The van der Waals surface area contributed by atoms with Gasteiger partial charge >= 0.3 is 0 Å². The van der Waals surface area contributed by atoms with Crippen molar-refractivity contribution in [3.63, 3.8) is 0 Å². The fourth-order valence-electron chi connectivity index (χ4n) is 2.55. The van der Waals surface area contributed by atoms with Crippen LogP contribution in [0.15, 0.2) is 30.6 Å². The summed E-state index contributed by atoms with van der Waals surface area (Å²) in [7, 11) is 3.87. The van der Waals surface area contributed by atoms with E-state index in [1.54, 1.807) is 7.11 Å². The maximum Gasteiger partial charge on any atom is 0.119 e. The molecule has 3 rings (SSSR count). The minimum Gasteiger partial charge on any atom is -0.497 e. The highest BCUT2D eigenvalue weighted by molar-refractivity contribution is 5.94. The summed E-state index contributed by atoms with van der Waals surface area (Å²) in [6, 6.07) is 6.16. The van der Waals surface area contributed by atoms with Crippen molar-refractivity contribution >= 4 is 16.5 Å². The van der Waals surface area contributed by atoms with E-state index in [0.717, 1.165) is 37.3 Å². The summed E-state index contributed by atoms with van der Waals surface area (Å²) < 4.78 is 5.33. The van der Waals surface area contributed by atoms with Gasteiger partial charge in [-0.15, -0.1) is 0 Å². The molecule has 4 nitrogen and oxygen atoms in total. The Kier molecular flexibility index (Phi) is 3.25. The lowest BCUT2D eigenvalue weighted by atomic mass is 10.1. The molecule has 2 aromatic rings. The first-order valence-electron chi connectivity index (χ1n) is 6.63. The average molecular weight is 257 g/mol. The van der Waals surface area contributed by atoms with E-state index >= 15 is 0 Å². The zero-order chi connectivity index (χ0) is 13.2. The predicted octanol–water partition coefficient (Wildman–Crippen LogP) is 2.00. The predicted molar refractivity (Wildman–Crippen MR) is 78.0 cm³/mol. The monoisotopic (exact) mass is 257 g/mol. The SMILES string of the molecule is COc1ccc2cncc(N3CCN(C)CC3)c2c1. The molecule has 0 bridgehead atoms. The topological polar surface area (TPSA) is 28.6 Å². The van der Waals surface area contributed by atoms with Gasteiger partial charge in [0.1, 0.15) is 5.75 Å². The number of anilines is 1. The van der Waals surface area contributed by atoms with Crippen LogP contribution in [0.1, 0.15) is 0 Å². The van der Waals surface area contributed by atoms with Gasteiger partial charge in [0, 0.05) is 43.1 Å². The Labute approximate surface area is 113 Å². The zero-order valence-electron chi connectivity index (χ0n) is 11.5. The van der Waals surface area contributed by atoms with Crippen molar-refractivity contribution in [2.24, 2.45) is 0 Å². The fourth-order valence-corrected chi connectivity index (χ4v) is 2.55. The highest BCUT2D eigenvalue weighted by atomic mass is 16.5. The summed E-state index contributed by atoms with van der Waals surface area (Å²) >= 11 is 0. The van der Waals surface area contributed by atoms with Crippen LogP contribution in [0, 0.1) is 0 Å². The Balaban J connectivity index is 2.02. The average Bonchev–Trinajstić information content (AvgIpc) is 2.47. The standard InChI is InChI=1S/C15H19N3O/c1-17-5-7-18(8-6-17)15-11-16-10-12-3-4-13(19-2)9-14(12)15/h3-4,9-11H,5-8H2,1-2H3. The third-order valence-electron chi connectivity index (χ3n) is 3.79. The number of likely N-dealkylation sites (N-methyl/N-ethyl adjacent to an activating group) is 1. The number of benzene rings is 1. The van der Waals surface area contributed by atoms with Crippen LogP contribution < -0.4 is 9.64 Å². The van der Waals surface area contributed by atoms with Gasteiger partial charge in [-0.05, 0) is 25.2 Å². The number of nitrogens with zero attached hydrogens (tertiary/aromatic N) is 3. The lowest BCUT2D eigenvalue weighted by Crippen LogP contribution is -2.44. The van der Waals surface area contributed by atoms with Crippen molar-refractivity contribution < 1.29 is 4.74 Å². The zero-order valence-corrected chi connectivity index (χ0v) is 11.5. The van der Waals surface area contributed by atoms with Crippen molar-refractivity contribution in [3.05, 3.63) is 30.6 Å². The molecule has 0 unspecified atom stereocenters. The molecule has 0 atom stereocenters. The van der Waals surface area contributed by atoms with Crippen LogP contribution in [0.3, 0.4) is 0 Å². The number of pyridine rings is 1. The van der Waals surface area contributed by atoms with Crippen LogP contribution in [0.2, 0.25) is 0 Å². The van der Waals surface area contributed by atoms with E-state index in [-0.39, 0.29) is 0 Å². The molecule has 0 spiro atoms. The second-order valence-electron chi connectivity index (χ2n) is 5.04. The van der Waals surface area contributed by atoms with Crippen molar-refractivity contribution in [2.45, 2.75) is 0 Å².